The third-order valence-corrected chi connectivity index (χ3v) is 6.13. The van der Waals surface area contributed by atoms with E-state index in [4.69, 9.17) is 9.47 Å². The number of rotatable bonds is 8. The van der Waals surface area contributed by atoms with E-state index < -0.39 is 5.91 Å². The maximum Gasteiger partial charge on any atom is 0.263 e. The summed E-state index contributed by atoms with van der Waals surface area (Å²) >= 11 is 1.47. The van der Waals surface area contributed by atoms with Crippen LogP contribution in [0.4, 0.5) is 0 Å². The molecule has 1 N–H and O–H groups in total. The second kappa shape index (κ2) is 10.3. The Morgan fingerprint density at radius 3 is 2.74 bits per heavy atom. The smallest absolute Gasteiger partial charge is 0.263 e. The van der Waals surface area contributed by atoms with E-state index in [1.54, 1.807) is 25.3 Å². The number of aryl methyl sites for hydroxylation is 1. The van der Waals surface area contributed by atoms with Crippen LogP contribution < -0.4 is 20.5 Å². The fraction of sp³-hybridized carbons (Fsp3) is 0.200. The zero-order valence-electron chi connectivity index (χ0n) is 19.1. The lowest BCUT2D eigenvalue weighted by atomic mass is 10.0. The average molecular weight is 477 g/mol. The van der Waals surface area contributed by atoms with Gasteiger partial charge in [0.25, 0.3) is 11.5 Å². The van der Waals surface area contributed by atoms with Crippen LogP contribution >= 0.6 is 11.3 Å². The van der Waals surface area contributed by atoms with Crippen LogP contribution in [-0.2, 0) is 11.3 Å². The van der Waals surface area contributed by atoms with Gasteiger partial charge < -0.3 is 9.47 Å². The van der Waals surface area contributed by atoms with E-state index in [1.165, 1.54) is 28.4 Å². The molecule has 8 nitrogen and oxygen atoms in total. The highest BCUT2D eigenvalue weighted by Crippen LogP contribution is 2.35. The molecule has 0 saturated heterocycles. The first-order valence-electron chi connectivity index (χ1n) is 10.7. The maximum absolute atomic E-state index is 13.2. The number of thiophene rings is 1. The molecular weight excluding hydrogens is 452 g/mol. The second-order valence-corrected chi connectivity index (χ2v) is 8.60. The number of fused-ring (bicyclic) bond motifs is 1. The molecule has 0 aliphatic carbocycles. The molecule has 174 valence electrons. The van der Waals surface area contributed by atoms with Crippen LogP contribution in [0.15, 0.2) is 64.8 Å². The van der Waals surface area contributed by atoms with Gasteiger partial charge in [0, 0.05) is 10.4 Å². The van der Waals surface area contributed by atoms with Crippen molar-refractivity contribution in [1.82, 2.24) is 15.0 Å². The van der Waals surface area contributed by atoms with Gasteiger partial charge in [-0.25, -0.2) is 10.4 Å². The summed E-state index contributed by atoms with van der Waals surface area (Å²) in [7, 11) is 1.56. The summed E-state index contributed by atoms with van der Waals surface area (Å²) in [4.78, 5) is 31.7. The van der Waals surface area contributed by atoms with Crippen LogP contribution in [-0.4, -0.2) is 35.4 Å². The number of carbonyl (C=O) groups is 1. The minimum Gasteiger partial charge on any atom is -0.493 e. The van der Waals surface area contributed by atoms with Gasteiger partial charge in [-0.05, 0) is 43.2 Å². The maximum atomic E-state index is 13.2. The van der Waals surface area contributed by atoms with Crippen molar-refractivity contribution in [2.45, 2.75) is 20.4 Å². The van der Waals surface area contributed by atoms with Crippen LogP contribution in [0.5, 0.6) is 11.5 Å². The van der Waals surface area contributed by atoms with Gasteiger partial charge in [-0.2, -0.15) is 5.10 Å². The number of amides is 1. The quantitative estimate of drug-likeness (QED) is 0.307. The SMILES string of the molecule is CCOc1ccc(/C=N/NC(=O)Cn2cnc3sc(C)c(-c4ccccc4)c3c2=O)cc1OC. The molecule has 0 fully saturated rings. The first-order valence-corrected chi connectivity index (χ1v) is 11.5. The van der Waals surface area contributed by atoms with E-state index in [1.807, 2.05) is 44.2 Å². The molecule has 2 heterocycles. The summed E-state index contributed by atoms with van der Waals surface area (Å²) in [5.74, 6) is 0.765. The number of carbonyl (C=O) groups excluding carboxylic acids is 1. The fourth-order valence-corrected chi connectivity index (χ4v) is 4.61. The van der Waals surface area contributed by atoms with Crippen LogP contribution in [0.3, 0.4) is 0 Å². The molecule has 0 radical (unpaired) electrons. The Morgan fingerprint density at radius 2 is 2.00 bits per heavy atom. The Bertz CT molecular complexity index is 1410. The highest BCUT2D eigenvalue weighted by Gasteiger charge is 2.17. The van der Waals surface area contributed by atoms with Gasteiger partial charge in [0.05, 0.1) is 31.6 Å². The zero-order chi connectivity index (χ0) is 24.1. The molecule has 0 saturated carbocycles. The summed E-state index contributed by atoms with van der Waals surface area (Å²) in [6, 6.07) is 15.0. The van der Waals surface area contributed by atoms with Crippen LogP contribution in [0.25, 0.3) is 21.3 Å². The topological polar surface area (TPSA) is 94.8 Å². The Kier molecular flexibility index (Phi) is 7.03. The molecule has 9 heteroatoms. The van der Waals surface area contributed by atoms with Crippen LogP contribution in [0.2, 0.25) is 0 Å². The summed E-state index contributed by atoms with van der Waals surface area (Å²) < 4.78 is 12.1. The van der Waals surface area contributed by atoms with Crippen LogP contribution in [0.1, 0.15) is 17.4 Å². The van der Waals surface area contributed by atoms with Crippen molar-refractivity contribution in [3.63, 3.8) is 0 Å². The first-order chi connectivity index (χ1) is 16.5. The molecule has 2 aromatic carbocycles. The lowest BCUT2D eigenvalue weighted by Crippen LogP contribution is -2.30. The lowest BCUT2D eigenvalue weighted by Gasteiger charge is -2.09. The number of benzene rings is 2. The number of hydrazone groups is 1. The van der Waals surface area contributed by atoms with Crippen molar-refractivity contribution in [1.29, 1.82) is 0 Å². The number of hydrogen-bond donors (Lipinski definition) is 1. The largest absolute Gasteiger partial charge is 0.493 e. The second-order valence-electron chi connectivity index (χ2n) is 7.39. The van der Waals surface area contributed by atoms with Crippen molar-refractivity contribution in [3.8, 4) is 22.6 Å². The predicted octanol–water partition coefficient (Wildman–Crippen LogP) is 3.99. The fourth-order valence-electron chi connectivity index (χ4n) is 3.61. The molecular formula is C25H24N4O4S. The molecule has 2 aromatic heterocycles. The van der Waals surface area contributed by atoms with Gasteiger partial charge in [-0.15, -0.1) is 11.3 Å². The summed E-state index contributed by atoms with van der Waals surface area (Å²) in [6.07, 6.45) is 2.89. The summed E-state index contributed by atoms with van der Waals surface area (Å²) in [5, 5.41) is 4.52. The Labute approximate surface area is 200 Å². The molecule has 4 aromatic rings. The lowest BCUT2D eigenvalue weighted by molar-refractivity contribution is -0.121. The number of ether oxygens (including phenoxy) is 2. The van der Waals surface area contributed by atoms with E-state index >= 15 is 0 Å². The number of nitrogens with zero attached hydrogens (tertiary/aromatic N) is 3. The van der Waals surface area contributed by atoms with Gasteiger partial charge in [-0.1, -0.05) is 30.3 Å². The minimum atomic E-state index is -0.439. The predicted molar refractivity (Wildman–Crippen MR) is 134 cm³/mol. The monoisotopic (exact) mass is 476 g/mol. The van der Waals surface area contributed by atoms with Gasteiger partial charge in [0.15, 0.2) is 11.5 Å². The van der Waals surface area contributed by atoms with Crippen molar-refractivity contribution in [2.75, 3.05) is 13.7 Å². The molecule has 0 unspecified atom stereocenters. The Balaban J connectivity index is 1.51. The molecule has 0 bridgehead atoms. The molecule has 0 aliphatic heterocycles. The highest BCUT2D eigenvalue weighted by molar-refractivity contribution is 7.19. The van der Waals surface area contributed by atoms with Crippen LogP contribution in [0, 0.1) is 6.92 Å². The van der Waals surface area contributed by atoms with Gasteiger partial charge >= 0.3 is 0 Å². The number of aromatic nitrogens is 2. The molecule has 0 atom stereocenters. The summed E-state index contributed by atoms with van der Waals surface area (Å²) in [6.45, 7) is 4.19. The molecule has 0 spiro atoms. The normalized spacial score (nSPS) is 11.1. The number of hydrogen-bond acceptors (Lipinski definition) is 7. The Hall–Kier alpha value is -3.98. The molecule has 0 aliphatic rings. The Morgan fingerprint density at radius 1 is 1.21 bits per heavy atom. The average Bonchev–Trinajstić information content (AvgIpc) is 3.19. The zero-order valence-corrected chi connectivity index (χ0v) is 19.9. The van der Waals surface area contributed by atoms with E-state index in [-0.39, 0.29) is 12.1 Å². The number of nitrogens with one attached hydrogen (secondary N) is 1. The molecule has 1 amide bonds. The van der Waals surface area contributed by atoms with Crippen molar-refractivity contribution < 1.29 is 14.3 Å². The third kappa shape index (κ3) is 4.84. The summed E-state index contributed by atoms with van der Waals surface area (Å²) in [5.41, 5.74) is 4.72. The minimum absolute atomic E-state index is 0.200. The molecule has 4 rings (SSSR count). The number of methoxy groups -OCH3 is 1. The highest BCUT2D eigenvalue weighted by atomic mass is 32.1. The first kappa shape index (κ1) is 23.2. The van der Waals surface area contributed by atoms with Crippen molar-refractivity contribution in [2.24, 2.45) is 5.10 Å². The van der Waals surface area contributed by atoms with Gasteiger partial charge in [0.1, 0.15) is 11.4 Å². The van der Waals surface area contributed by atoms with E-state index in [0.29, 0.717) is 28.3 Å². The van der Waals surface area contributed by atoms with Gasteiger partial charge in [-0.3, -0.25) is 14.2 Å². The third-order valence-electron chi connectivity index (χ3n) is 5.12. The van der Waals surface area contributed by atoms with Crippen molar-refractivity contribution >= 4 is 33.7 Å². The van der Waals surface area contributed by atoms with E-state index in [2.05, 4.69) is 15.5 Å². The standard InChI is InChI=1S/C25H24N4O4S/c1-4-33-19-11-10-17(12-20(19)32-3)13-27-28-21(30)14-29-15-26-24-23(25(29)31)22(16(2)34-24)18-8-6-5-7-9-18/h5-13,15H,4,14H2,1-3H3,(H,28,30)/b27-13+. The van der Waals surface area contributed by atoms with Gasteiger partial charge in [0.2, 0.25) is 0 Å². The van der Waals surface area contributed by atoms with E-state index in [9.17, 15) is 9.59 Å². The van der Waals surface area contributed by atoms with E-state index in [0.717, 1.165) is 21.6 Å². The van der Waals surface area contributed by atoms with Crippen molar-refractivity contribution in [3.05, 3.63) is 75.7 Å². The molecule has 34 heavy (non-hydrogen) atoms.